The topological polar surface area (TPSA) is 58.9 Å². The maximum atomic E-state index is 11.4. The molecule has 4 heteroatoms. The summed E-state index contributed by atoms with van der Waals surface area (Å²) in [4.78, 5) is 11.4. The number of hydrogen-bond donors (Lipinski definition) is 1. The van der Waals surface area contributed by atoms with Crippen LogP contribution in [0.4, 0.5) is 0 Å². The number of carbonyl (C=O) groups excluding carboxylic acids is 1. The second-order valence-electron chi connectivity index (χ2n) is 10.1. The van der Waals surface area contributed by atoms with E-state index in [1.807, 2.05) is 6.92 Å². The lowest BCUT2D eigenvalue weighted by Crippen LogP contribution is -2.51. The van der Waals surface area contributed by atoms with Crippen LogP contribution >= 0.6 is 0 Å². The zero-order valence-corrected chi connectivity index (χ0v) is 17.3. The molecule has 0 aromatic heterocycles. The van der Waals surface area contributed by atoms with E-state index >= 15 is 0 Å². The summed E-state index contributed by atoms with van der Waals surface area (Å²) in [5.74, 6) is 2.52. The van der Waals surface area contributed by atoms with Gasteiger partial charge in [-0.3, -0.25) is 4.79 Å². The summed E-state index contributed by atoms with van der Waals surface area (Å²) < 4.78 is 5.54. The molecule has 3 saturated carbocycles. The monoisotopic (exact) mass is 373 g/mol. The highest BCUT2D eigenvalue weighted by atomic mass is 16.5. The van der Waals surface area contributed by atoms with Crippen molar-refractivity contribution in [2.45, 2.75) is 85.2 Å². The molecule has 3 fully saturated rings. The Morgan fingerprint density at radius 2 is 1.93 bits per heavy atom. The van der Waals surface area contributed by atoms with E-state index in [0.29, 0.717) is 5.92 Å². The second-order valence-corrected chi connectivity index (χ2v) is 10.1. The number of hydrogen-bond acceptors (Lipinski definition) is 4. The maximum Gasteiger partial charge on any atom is 0.302 e. The van der Waals surface area contributed by atoms with Gasteiger partial charge in [-0.2, -0.15) is 0 Å². The number of ether oxygens (including phenoxy) is 1. The van der Waals surface area contributed by atoms with Crippen molar-refractivity contribution < 1.29 is 14.7 Å². The van der Waals surface area contributed by atoms with Crippen molar-refractivity contribution in [2.24, 2.45) is 39.7 Å². The van der Waals surface area contributed by atoms with Gasteiger partial charge < -0.3 is 9.94 Å². The molecule has 0 bridgehead atoms. The molecule has 7 atom stereocenters. The molecule has 0 saturated heterocycles. The predicted octanol–water partition coefficient (Wildman–Crippen LogP) is 5.35. The van der Waals surface area contributed by atoms with Crippen LogP contribution in [0.1, 0.15) is 79.1 Å². The van der Waals surface area contributed by atoms with E-state index in [2.05, 4.69) is 25.1 Å². The summed E-state index contributed by atoms with van der Waals surface area (Å²) in [6.45, 7) is 8.46. The third kappa shape index (κ3) is 2.86. The molecule has 4 rings (SSSR count). The van der Waals surface area contributed by atoms with Gasteiger partial charge in [0.25, 0.3) is 0 Å². The Labute approximate surface area is 163 Å². The van der Waals surface area contributed by atoms with E-state index in [0.717, 1.165) is 42.7 Å². The van der Waals surface area contributed by atoms with Crippen LogP contribution in [0, 0.1) is 34.5 Å². The van der Waals surface area contributed by atoms with E-state index in [-0.39, 0.29) is 22.9 Å². The molecule has 0 unspecified atom stereocenters. The fraction of sp³-hybridized carbons (Fsp3) is 0.826. The van der Waals surface area contributed by atoms with Gasteiger partial charge in [0.05, 0.1) is 5.71 Å². The van der Waals surface area contributed by atoms with Crippen LogP contribution in [0.5, 0.6) is 0 Å². The summed E-state index contributed by atoms with van der Waals surface area (Å²) in [7, 11) is 0. The molecule has 0 aliphatic heterocycles. The maximum absolute atomic E-state index is 11.4. The number of nitrogens with zero attached hydrogens (tertiary/aromatic N) is 1. The minimum atomic E-state index is -0.149. The first kappa shape index (κ1) is 19.0. The summed E-state index contributed by atoms with van der Waals surface area (Å²) in [5, 5.41) is 12.9. The average molecular weight is 374 g/mol. The summed E-state index contributed by atoms with van der Waals surface area (Å²) in [5.41, 5.74) is 3.04. The van der Waals surface area contributed by atoms with Crippen LogP contribution in [0.15, 0.2) is 16.8 Å². The number of fused-ring (bicyclic) bond motifs is 5. The smallest absolute Gasteiger partial charge is 0.302 e. The largest absolute Gasteiger partial charge is 0.462 e. The van der Waals surface area contributed by atoms with Crippen LogP contribution in [0.3, 0.4) is 0 Å². The number of carbonyl (C=O) groups is 1. The SMILES string of the molecule is CC(=O)O[C@@H]1CC[C@@]2(C)C(=CC[C@@H]3[C@H]4CC[C@@H](C(C)=NO)[C@@]4(C)CC[C@H]32)C1. The first-order valence-electron chi connectivity index (χ1n) is 10.8. The van der Waals surface area contributed by atoms with Crippen LogP contribution < -0.4 is 0 Å². The van der Waals surface area contributed by atoms with Crippen molar-refractivity contribution in [3.63, 3.8) is 0 Å². The van der Waals surface area contributed by atoms with Gasteiger partial charge in [0.15, 0.2) is 0 Å². The quantitative estimate of drug-likeness (QED) is 0.233. The molecular weight excluding hydrogens is 338 g/mol. The highest BCUT2D eigenvalue weighted by Crippen LogP contribution is 2.66. The lowest BCUT2D eigenvalue weighted by molar-refractivity contribution is -0.148. The van der Waals surface area contributed by atoms with Gasteiger partial charge in [-0.1, -0.05) is 30.7 Å². The van der Waals surface area contributed by atoms with Crippen LogP contribution in [0.25, 0.3) is 0 Å². The number of oxime groups is 1. The van der Waals surface area contributed by atoms with Gasteiger partial charge in [0.1, 0.15) is 6.10 Å². The van der Waals surface area contributed by atoms with Crippen LogP contribution in [-0.4, -0.2) is 23.0 Å². The van der Waals surface area contributed by atoms with Crippen molar-refractivity contribution >= 4 is 11.7 Å². The number of esters is 1. The van der Waals surface area contributed by atoms with Crippen molar-refractivity contribution in [2.75, 3.05) is 0 Å². The lowest BCUT2D eigenvalue weighted by atomic mass is 9.47. The molecule has 4 aliphatic carbocycles. The van der Waals surface area contributed by atoms with Crippen molar-refractivity contribution in [1.82, 2.24) is 0 Å². The normalized spacial score (nSPS) is 46.7. The molecule has 4 nitrogen and oxygen atoms in total. The predicted molar refractivity (Wildman–Crippen MR) is 106 cm³/mol. The minimum Gasteiger partial charge on any atom is -0.462 e. The molecule has 0 aromatic rings. The summed E-state index contributed by atoms with van der Waals surface area (Å²) in [6, 6.07) is 0. The van der Waals surface area contributed by atoms with Crippen molar-refractivity contribution in [1.29, 1.82) is 0 Å². The fourth-order valence-corrected chi connectivity index (χ4v) is 7.72. The van der Waals surface area contributed by atoms with E-state index < -0.39 is 0 Å². The molecule has 1 N–H and O–H groups in total. The zero-order chi connectivity index (χ0) is 19.4. The Morgan fingerprint density at radius 1 is 1.15 bits per heavy atom. The van der Waals surface area contributed by atoms with E-state index in [1.165, 1.54) is 39.0 Å². The molecule has 0 amide bonds. The standard InChI is InChI=1S/C23H35NO3/c1-14(24-26)19-7-8-20-18-6-5-16-13-17(27-15(2)25)9-11-22(16,3)21(18)10-12-23(19,20)4/h5,17-21,26H,6-13H2,1-4H3/t17-,18-,19+,20-,21-,22+,23-/m1/s1. The molecule has 0 aromatic carbocycles. The van der Waals surface area contributed by atoms with Crippen molar-refractivity contribution in [3.8, 4) is 0 Å². The van der Waals surface area contributed by atoms with E-state index in [9.17, 15) is 10.0 Å². The van der Waals surface area contributed by atoms with Crippen LogP contribution in [0.2, 0.25) is 0 Å². The first-order chi connectivity index (χ1) is 12.8. The molecule has 0 heterocycles. The van der Waals surface area contributed by atoms with Gasteiger partial charge in [-0.25, -0.2) is 0 Å². The number of allylic oxidation sites excluding steroid dienone is 1. The van der Waals surface area contributed by atoms with E-state index in [1.54, 1.807) is 5.57 Å². The van der Waals surface area contributed by atoms with Crippen molar-refractivity contribution in [3.05, 3.63) is 11.6 Å². The summed E-state index contributed by atoms with van der Waals surface area (Å²) >= 11 is 0. The van der Waals surface area contributed by atoms with Gasteiger partial charge in [0.2, 0.25) is 0 Å². The third-order valence-corrected chi connectivity index (χ3v) is 9.05. The highest BCUT2D eigenvalue weighted by molar-refractivity contribution is 5.85. The second kappa shape index (κ2) is 6.63. The Bertz CT molecular complexity index is 683. The lowest BCUT2D eigenvalue weighted by Gasteiger charge is -2.58. The molecule has 27 heavy (non-hydrogen) atoms. The Morgan fingerprint density at radius 3 is 2.63 bits per heavy atom. The highest BCUT2D eigenvalue weighted by Gasteiger charge is 2.59. The van der Waals surface area contributed by atoms with E-state index in [4.69, 9.17) is 4.74 Å². The number of rotatable bonds is 2. The Kier molecular flexibility index (Phi) is 4.67. The van der Waals surface area contributed by atoms with Gasteiger partial charge in [-0.15, -0.1) is 0 Å². The fourth-order valence-electron chi connectivity index (χ4n) is 7.72. The minimum absolute atomic E-state index is 0.0755. The summed E-state index contributed by atoms with van der Waals surface area (Å²) in [6.07, 6.45) is 11.8. The van der Waals surface area contributed by atoms with Crippen LogP contribution in [-0.2, 0) is 9.53 Å². The van der Waals surface area contributed by atoms with Gasteiger partial charge in [0, 0.05) is 19.3 Å². The Hall–Kier alpha value is -1.32. The van der Waals surface area contributed by atoms with Gasteiger partial charge in [-0.05, 0) is 80.5 Å². The zero-order valence-electron chi connectivity index (χ0n) is 17.3. The molecule has 0 spiro atoms. The molecule has 0 radical (unpaired) electrons. The first-order valence-corrected chi connectivity index (χ1v) is 10.8. The Balaban J connectivity index is 1.58. The van der Waals surface area contributed by atoms with Gasteiger partial charge >= 0.3 is 5.97 Å². The third-order valence-electron chi connectivity index (χ3n) is 9.05. The molecule has 150 valence electrons. The average Bonchev–Trinajstić information content (AvgIpc) is 2.98. The molecule has 4 aliphatic rings. The molecular formula is C23H35NO3.